The zero-order valence-corrected chi connectivity index (χ0v) is 13.3. The molecule has 4 heteroatoms. The highest BCUT2D eigenvalue weighted by atomic mass is 32.1. The standard InChI is InChI=1S/C16H23N3S/c1-4-16(17-5-2)13-6-8-15(9-7-13)19(3)10-14-11-20-12-18-14/h6-9,11-12,16-17H,4-5,10H2,1-3H3. The summed E-state index contributed by atoms with van der Waals surface area (Å²) in [6.07, 6.45) is 1.11. The Bertz CT molecular complexity index is 493. The van der Waals surface area contributed by atoms with Gasteiger partial charge in [-0.05, 0) is 30.7 Å². The molecule has 1 heterocycles. The number of nitrogens with zero attached hydrogens (tertiary/aromatic N) is 2. The van der Waals surface area contributed by atoms with Gasteiger partial charge in [0.2, 0.25) is 0 Å². The van der Waals surface area contributed by atoms with Gasteiger partial charge in [-0.15, -0.1) is 11.3 Å². The van der Waals surface area contributed by atoms with Crippen LogP contribution in [0.15, 0.2) is 35.2 Å². The van der Waals surface area contributed by atoms with E-state index >= 15 is 0 Å². The Balaban J connectivity index is 2.03. The van der Waals surface area contributed by atoms with E-state index in [1.807, 2.05) is 5.51 Å². The first-order valence-corrected chi connectivity index (χ1v) is 8.10. The van der Waals surface area contributed by atoms with E-state index in [2.05, 4.69) is 65.7 Å². The van der Waals surface area contributed by atoms with Crippen LogP contribution in [0.25, 0.3) is 0 Å². The van der Waals surface area contributed by atoms with Crippen molar-refractivity contribution in [3.63, 3.8) is 0 Å². The Labute approximate surface area is 125 Å². The van der Waals surface area contributed by atoms with Gasteiger partial charge in [-0.3, -0.25) is 0 Å². The average molecular weight is 289 g/mol. The van der Waals surface area contributed by atoms with Crippen LogP contribution in [0.5, 0.6) is 0 Å². The van der Waals surface area contributed by atoms with Crippen LogP contribution >= 0.6 is 11.3 Å². The van der Waals surface area contributed by atoms with E-state index in [-0.39, 0.29) is 0 Å². The molecule has 3 nitrogen and oxygen atoms in total. The Morgan fingerprint density at radius 3 is 2.55 bits per heavy atom. The zero-order valence-electron chi connectivity index (χ0n) is 12.5. The fourth-order valence-corrected chi connectivity index (χ4v) is 2.90. The zero-order chi connectivity index (χ0) is 14.4. The molecule has 0 radical (unpaired) electrons. The molecule has 0 amide bonds. The van der Waals surface area contributed by atoms with Crippen LogP contribution in [0.4, 0.5) is 5.69 Å². The lowest BCUT2D eigenvalue weighted by molar-refractivity contribution is 0.537. The maximum Gasteiger partial charge on any atom is 0.0795 e. The Hall–Kier alpha value is -1.39. The lowest BCUT2D eigenvalue weighted by atomic mass is 10.0. The number of rotatable bonds is 7. The van der Waals surface area contributed by atoms with Crippen molar-refractivity contribution in [1.82, 2.24) is 10.3 Å². The third-order valence-electron chi connectivity index (χ3n) is 3.48. The summed E-state index contributed by atoms with van der Waals surface area (Å²) >= 11 is 1.65. The maximum absolute atomic E-state index is 4.33. The molecule has 1 aromatic carbocycles. The molecule has 0 spiro atoms. The minimum absolute atomic E-state index is 0.456. The minimum Gasteiger partial charge on any atom is -0.369 e. The lowest BCUT2D eigenvalue weighted by Gasteiger charge is -2.20. The largest absolute Gasteiger partial charge is 0.369 e. The van der Waals surface area contributed by atoms with E-state index < -0.39 is 0 Å². The number of aromatic nitrogens is 1. The summed E-state index contributed by atoms with van der Waals surface area (Å²) in [6, 6.07) is 9.30. The SMILES string of the molecule is CCNC(CC)c1ccc(N(C)Cc2cscn2)cc1. The summed E-state index contributed by atoms with van der Waals surface area (Å²) < 4.78 is 0. The van der Waals surface area contributed by atoms with Gasteiger partial charge in [-0.1, -0.05) is 26.0 Å². The molecular weight excluding hydrogens is 266 g/mol. The summed E-state index contributed by atoms with van der Waals surface area (Å²) in [5, 5.41) is 5.61. The molecule has 0 aliphatic carbocycles. The molecule has 0 fully saturated rings. The van der Waals surface area contributed by atoms with E-state index in [1.54, 1.807) is 11.3 Å². The number of hydrogen-bond acceptors (Lipinski definition) is 4. The van der Waals surface area contributed by atoms with Crippen LogP contribution in [0, 0.1) is 0 Å². The van der Waals surface area contributed by atoms with Gasteiger partial charge < -0.3 is 10.2 Å². The molecular formula is C16H23N3S. The van der Waals surface area contributed by atoms with Crippen molar-refractivity contribution < 1.29 is 0 Å². The highest BCUT2D eigenvalue weighted by Crippen LogP contribution is 2.21. The molecule has 0 bridgehead atoms. The fourth-order valence-electron chi connectivity index (χ4n) is 2.36. The summed E-state index contributed by atoms with van der Waals surface area (Å²) in [5.74, 6) is 0. The highest BCUT2D eigenvalue weighted by molar-refractivity contribution is 7.07. The van der Waals surface area contributed by atoms with Crippen LogP contribution in [0.2, 0.25) is 0 Å². The van der Waals surface area contributed by atoms with E-state index in [0.29, 0.717) is 6.04 Å². The van der Waals surface area contributed by atoms with Crippen molar-refractivity contribution in [3.05, 3.63) is 46.4 Å². The van der Waals surface area contributed by atoms with Crippen molar-refractivity contribution in [2.45, 2.75) is 32.9 Å². The van der Waals surface area contributed by atoms with Crippen LogP contribution in [0.3, 0.4) is 0 Å². The van der Waals surface area contributed by atoms with Gasteiger partial charge in [0.1, 0.15) is 0 Å². The first kappa shape index (κ1) is 15.0. The molecule has 2 aromatic rings. The summed E-state index contributed by atoms with van der Waals surface area (Å²) in [7, 11) is 2.11. The fraction of sp³-hybridized carbons (Fsp3) is 0.438. The second-order valence-electron chi connectivity index (χ2n) is 4.95. The van der Waals surface area contributed by atoms with Crippen molar-refractivity contribution in [3.8, 4) is 0 Å². The van der Waals surface area contributed by atoms with Crippen molar-refractivity contribution in [2.24, 2.45) is 0 Å². The van der Waals surface area contributed by atoms with Gasteiger partial charge in [0, 0.05) is 24.2 Å². The molecule has 1 unspecified atom stereocenters. The van der Waals surface area contributed by atoms with Gasteiger partial charge >= 0.3 is 0 Å². The van der Waals surface area contributed by atoms with Gasteiger partial charge in [0.25, 0.3) is 0 Å². The molecule has 20 heavy (non-hydrogen) atoms. The molecule has 0 aliphatic rings. The van der Waals surface area contributed by atoms with E-state index in [9.17, 15) is 0 Å². The molecule has 1 aromatic heterocycles. The van der Waals surface area contributed by atoms with Crippen molar-refractivity contribution in [2.75, 3.05) is 18.5 Å². The molecule has 2 rings (SSSR count). The van der Waals surface area contributed by atoms with E-state index in [4.69, 9.17) is 0 Å². The average Bonchev–Trinajstić information content (AvgIpc) is 2.98. The summed E-state index contributed by atoms with van der Waals surface area (Å²) in [4.78, 5) is 6.56. The predicted octanol–water partition coefficient (Wildman–Crippen LogP) is 3.84. The number of benzene rings is 1. The third-order valence-corrected chi connectivity index (χ3v) is 4.11. The van der Waals surface area contributed by atoms with Gasteiger partial charge in [-0.25, -0.2) is 4.98 Å². The number of hydrogen-bond donors (Lipinski definition) is 1. The van der Waals surface area contributed by atoms with E-state index in [1.165, 1.54) is 11.3 Å². The lowest BCUT2D eigenvalue weighted by Crippen LogP contribution is -2.20. The predicted molar refractivity (Wildman–Crippen MR) is 87.4 cm³/mol. The second kappa shape index (κ2) is 7.41. The normalized spacial score (nSPS) is 12.3. The minimum atomic E-state index is 0.456. The van der Waals surface area contributed by atoms with Crippen molar-refractivity contribution in [1.29, 1.82) is 0 Å². The van der Waals surface area contributed by atoms with E-state index in [0.717, 1.165) is 25.2 Å². The Morgan fingerprint density at radius 2 is 2.00 bits per heavy atom. The Kier molecular flexibility index (Phi) is 5.56. The van der Waals surface area contributed by atoms with Crippen LogP contribution in [-0.2, 0) is 6.54 Å². The summed E-state index contributed by atoms with van der Waals surface area (Å²) in [6.45, 7) is 6.23. The molecule has 108 valence electrons. The summed E-state index contributed by atoms with van der Waals surface area (Å²) in [5.41, 5.74) is 5.60. The highest BCUT2D eigenvalue weighted by Gasteiger charge is 2.08. The van der Waals surface area contributed by atoms with Crippen LogP contribution in [0.1, 0.15) is 37.6 Å². The van der Waals surface area contributed by atoms with Gasteiger partial charge in [0.15, 0.2) is 0 Å². The monoisotopic (exact) mass is 289 g/mol. The van der Waals surface area contributed by atoms with Crippen LogP contribution < -0.4 is 10.2 Å². The smallest absolute Gasteiger partial charge is 0.0795 e. The Morgan fingerprint density at radius 1 is 1.25 bits per heavy atom. The van der Waals surface area contributed by atoms with Gasteiger partial charge in [-0.2, -0.15) is 0 Å². The molecule has 0 saturated carbocycles. The molecule has 1 N–H and O–H groups in total. The first-order valence-electron chi connectivity index (χ1n) is 7.16. The van der Waals surface area contributed by atoms with Gasteiger partial charge in [0.05, 0.1) is 17.7 Å². The maximum atomic E-state index is 4.33. The molecule has 0 saturated heterocycles. The number of thiazole rings is 1. The molecule has 1 atom stereocenters. The quantitative estimate of drug-likeness (QED) is 0.839. The number of anilines is 1. The third kappa shape index (κ3) is 3.81. The second-order valence-corrected chi connectivity index (χ2v) is 5.66. The van der Waals surface area contributed by atoms with Crippen LogP contribution in [-0.4, -0.2) is 18.6 Å². The number of nitrogens with one attached hydrogen (secondary N) is 1. The topological polar surface area (TPSA) is 28.2 Å². The molecule has 0 aliphatic heterocycles. The van der Waals surface area contributed by atoms with Crippen molar-refractivity contribution >= 4 is 17.0 Å². The first-order chi connectivity index (χ1) is 9.74.